The molecular weight excluding hydrogens is 288 g/mol. The molecule has 6 heteroatoms. The minimum Gasteiger partial charge on any atom is -0.505 e. The van der Waals surface area contributed by atoms with Gasteiger partial charge in [0.2, 0.25) is 0 Å². The number of phenols is 1. The number of aliphatic hydroxyl groups is 1. The number of aromatic hydroxyl groups is 1. The van der Waals surface area contributed by atoms with Crippen molar-refractivity contribution in [1.82, 2.24) is 0 Å². The van der Waals surface area contributed by atoms with Crippen molar-refractivity contribution in [3.63, 3.8) is 0 Å². The first-order valence-corrected chi connectivity index (χ1v) is 4.90. The molecule has 0 aromatic heterocycles. The van der Waals surface area contributed by atoms with E-state index in [0.29, 0.717) is 5.56 Å². The van der Waals surface area contributed by atoms with Gasteiger partial charge in [0.1, 0.15) is 0 Å². The minimum absolute atomic E-state index is 0. The second kappa shape index (κ2) is 6.27. The lowest BCUT2D eigenvalue weighted by molar-refractivity contribution is 0.275. The summed E-state index contributed by atoms with van der Waals surface area (Å²) in [7, 11) is 0. The molecule has 0 aliphatic carbocycles. The van der Waals surface area contributed by atoms with Crippen LogP contribution in [0.5, 0.6) is 5.75 Å². The van der Waals surface area contributed by atoms with Crippen LogP contribution >= 0.6 is 28.3 Å². The molecule has 3 nitrogen and oxygen atoms in total. The van der Waals surface area contributed by atoms with E-state index in [2.05, 4.69) is 15.9 Å². The lowest BCUT2D eigenvalue weighted by Gasteiger charge is -2.13. The second-order valence-electron chi connectivity index (χ2n) is 2.92. The van der Waals surface area contributed by atoms with Gasteiger partial charge in [-0.05, 0) is 28.4 Å². The van der Waals surface area contributed by atoms with Crippen LogP contribution in [0.3, 0.4) is 0 Å². The van der Waals surface area contributed by atoms with Crippen LogP contribution in [0.25, 0.3) is 0 Å². The lowest BCUT2D eigenvalue weighted by atomic mass is 10.0. The monoisotopic (exact) mass is 299 g/mol. The van der Waals surface area contributed by atoms with Crippen molar-refractivity contribution in [2.45, 2.75) is 12.5 Å². The third-order valence-corrected chi connectivity index (χ3v) is 2.55. The highest BCUT2D eigenvalue weighted by molar-refractivity contribution is 9.10. The Morgan fingerprint density at radius 2 is 2.07 bits per heavy atom. The third kappa shape index (κ3) is 3.31. The lowest BCUT2D eigenvalue weighted by Crippen LogP contribution is -2.12. The highest BCUT2D eigenvalue weighted by Crippen LogP contribution is 2.31. The molecule has 86 valence electrons. The van der Waals surface area contributed by atoms with Crippen molar-refractivity contribution in [2.75, 3.05) is 6.61 Å². The summed E-state index contributed by atoms with van der Waals surface area (Å²) in [6, 6.07) is 2.45. The number of aliphatic hydroxyl groups excluding tert-OH is 1. The maximum absolute atomic E-state index is 13.2. The summed E-state index contributed by atoms with van der Waals surface area (Å²) in [4.78, 5) is 0. The zero-order chi connectivity index (χ0) is 10.7. The Kier molecular flexibility index (Phi) is 6.12. The average molecular weight is 301 g/mol. The molecule has 1 aromatic rings. The van der Waals surface area contributed by atoms with Crippen LogP contribution in [0.4, 0.5) is 4.39 Å². The van der Waals surface area contributed by atoms with Crippen molar-refractivity contribution in [3.8, 4) is 5.75 Å². The fraction of sp³-hybridized carbons (Fsp3) is 0.333. The standard InChI is InChI=1S/C9H11BrFNO2.ClH/c10-6-2-1-5(7(12)3-4-13)9(14)8(6)11;/h1-2,7,13-14H,3-4,12H2;1H/t7-;/m0./s1. The van der Waals surface area contributed by atoms with Crippen molar-refractivity contribution < 1.29 is 14.6 Å². The van der Waals surface area contributed by atoms with Gasteiger partial charge in [0.15, 0.2) is 11.6 Å². The van der Waals surface area contributed by atoms with E-state index in [-0.39, 0.29) is 29.9 Å². The molecule has 0 saturated heterocycles. The molecule has 0 heterocycles. The molecule has 0 spiro atoms. The summed E-state index contributed by atoms with van der Waals surface area (Å²) in [5, 5.41) is 18.1. The number of phenolic OH excluding ortho intramolecular Hbond substituents is 1. The second-order valence-corrected chi connectivity index (χ2v) is 3.77. The van der Waals surface area contributed by atoms with Crippen LogP contribution < -0.4 is 5.73 Å². The molecule has 1 atom stereocenters. The highest BCUT2D eigenvalue weighted by Gasteiger charge is 2.15. The van der Waals surface area contributed by atoms with E-state index in [1.165, 1.54) is 12.1 Å². The van der Waals surface area contributed by atoms with Crippen LogP contribution in [0.15, 0.2) is 16.6 Å². The third-order valence-electron chi connectivity index (χ3n) is 1.94. The summed E-state index contributed by atoms with van der Waals surface area (Å²) in [5.41, 5.74) is 5.93. The fourth-order valence-electron chi connectivity index (χ4n) is 1.15. The van der Waals surface area contributed by atoms with Gasteiger partial charge in [-0.3, -0.25) is 0 Å². The molecule has 1 aromatic carbocycles. The molecular formula is C9H12BrClFNO2. The number of rotatable bonds is 3. The largest absolute Gasteiger partial charge is 0.505 e. The van der Waals surface area contributed by atoms with Crippen LogP contribution in [-0.4, -0.2) is 16.8 Å². The SMILES string of the molecule is Cl.N[C@@H](CCO)c1ccc(Br)c(F)c1O. The van der Waals surface area contributed by atoms with Crippen LogP contribution in [0.2, 0.25) is 0 Å². The molecule has 0 saturated carbocycles. The van der Waals surface area contributed by atoms with E-state index in [9.17, 15) is 9.50 Å². The van der Waals surface area contributed by atoms with E-state index in [0.717, 1.165) is 0 Å². The Labute approximate surface area is 102 Å². The maximum Gasteiger partial charge on any atom is 0.179 e. The zero-order valence-electron chi connectivity index (χ0n) is 7.78. The van der Waals surface area contributed by atoms with Gasteiger partial charge in [-0.25, -0.2) is 4.39 Å². The Hall–Kier alpha value is -0.360. The van der Waals surface area contributed by atoms with Crippen LogP contribution in [0.1, 0.15) is 18.0 Å². The zero-order valence-corrected chi connectivity index (χ0v) is 10.2. The highest BCUT2D eigenvalue weighted by atomic mass is 79.9. The molecule has 0 radical (unpaired) electrons. The van der Waals surface area contributed by atoms with Crippen LogP contribution in [0, 0.1) is 5.82 Å². The predicted molar refractivity (Wildman–Crippen MR) is 61.6 cm³/mol. The molecule has 1 rings (SSSR count). The molecule has 0 bridgehead atoms. The molecule has 0 amide bonds. The molecule has 0 aliphatic heterocycles. The van der Waals surface area contributed by atoms with Gasteiger partial charge in [-0.1, -0.05) is 6.07 Å². The molecule has 15 heavy (non-hydrogen) atoms. The van der Waals surface area contributed by atoms with E-state index in [1.807, 2.05) is 0 Å². The predicted octanol–water partition coefficient (Wildman–Crippen LogP) is 2.10. The van der Waals surface area contributed by atoms with E-state index in [4.69, 9.17) is 10.8 Å². The van der Waals surface area contributed by atoms with Gasteiger partial charge in [0.25, 0.3) is 0 Å². The van der Waals surface area contributed by atoms with Crippen LogP contribution in [-0.2, 0) is 0 Å². The molecule has 4 N–H and O–H groups in total. The minimum atomic E-state index is -0.726. The first-order chi connectivity index (χ1) is 6.57. The Balaban J connectivity index is 0.00000196. The Morgan fingerprint density at radius 1 is 1.47 bits per heavy atom. The van der Waals surface area contributed by atoms with Gasteiger partial charge in [-0.2, -0.15) is 0 Å². The average Bonchev–Trinajstić information content (AvgIpc) is 2.15. The smallest absolute Gasteiger partial charge is 0.179 e. The van der Waals surface area contributed by atoms with E-state index >= 15 is 0 Å². The van der Waals surface area contributed by atoms with E-state index < -0.39 is 17.6 Å². The first-order valence-electron chi connectivity index (χ1n) is 4.11. The summed E-state index contributed by atoms with van der Waals surface area (Å²) in [6.45, 7) is -0.0989. The van der Waals surface area contributed by atoms with Crippen molar-refractivity contribution in [2.24, 2.45) is 5.73 Å². The van der Waals surface area contributed by atoms with Gasteiger partial charge < -0.3 is 15.9 Å². The van der Waals surface area contributed by atoms with Crippen molar-refractivity contribution >= 4 is 28.3 Å². The molecule has 0 unspecified atom stereocenters. The van der Waals surface area contributed by atoms with Gasteiger partial charge in [0, 0.05) is 18.2 Å². The summed E-state index contributed by atoms with van der Waals surface area (Å²) in [5.74, 6) is -1.18. The number of halogens is 3. The topological polar surface area (TPSA) is 66.5 Å². The van der Waals surface area contributed by atoms with E-state index in [1.54, 1.807) is 0 Å². The summed E-state index contributed by atoms with van der Waals surface area (Å²) < 4.78 is 13.4. The van der Waals surface area contributed by atoms with Gasteiger partial charge in [-0.15, -0.1) is 12.4 Å². The van der Waals surface area contributed by atoms with Crippen molar-refractivity contribution in [3.05, 3.63) is 28.0 Å². The Bertz CT molecular complexity index is 338. The first kappa shape index (κ1) is 14.6. The van der Waals surface area contributed by atoms with Crippen molar-refractivity contribution in [1.29, 1.82) is 0 Å². The maximum atomic E-state index is 13.2. The number of hydrogen-bond donors (Lipinski definition) is 3. The van der Waals surface area contributed by atoms with Gasteiger partial charge >= 0.3 is 0 Å². The van der Waals surface area contributed by atoms with Gasteiger partial charge in [0.05, 0.1) is 4.47 Å². The summed E-state index contributed by atoms with van der Waals surface area (Å²) in [6.07, 6.45) is 0.286. The quantitative estimate of drug-likeness (QED) is 0.801. The molecule has 0 aliphatic rings. The molecule has 0 fully saturated rings. The normalized spacial score (nSPS) is 12.0. The summed E-state index contributed by atoms with van der Waals surface area (Å²) >= 11 is 2.94. The fourth-order valence-corrected chi connectivity index (χ4v) is 1.47. The Morgan fingerprint density at radius 3 is 2.60 bits per heavy atom. The number of hydrogen-bond acceptors (Lipinski definition) is 3. The number of benzene rings is 1. The number of nitrogens with two attached hydrogens (primary N) is 1.